The van der Waals surface area contributed by atoms with Gasteiger partial charge in [-0.25, -0.2) is 4.98 Å². The van der Waals surface area contributed by atoms with Crippen LogP contribution >= 0.6 is 0 Å². The van der Waals surface area contributed by atoms with Crippen LogP contribution in [0.3, 0.4) is 0 Å². The SMILES string of the molecule is Cc1ccc2ccc(-c3ccc(C)c(C)c3C)nc2c1. The van der Waals surface area contributed by atoms with Gasteiger partial charge in [-0.2, -0.15) is 0 Å². The summed E-state index contributed by atoms with van der Waals surface area (Å²) in [6.07, 6.45) is 0. The van der Waals surface area contributed by atoms with Gasteiger partial charge in [0.15, 0.2) is 0 Å². The minimum Gasteiger partial charge on any atom is -0.248 e. The molecule has 0 aliphatic rings. The standard InChI is InChI=1S/C19H19N/c1-12-5-7-16-8-10-18(20-19(16)11-12)17-9-6-13(2)14(3)15(17)4/h5-11H,1-4H3. The second-order valence-corrected chi connectivity index (χ2v) is 5.57. The lowest BCUT2D eigenvalue weighted by Gasteiger charge is -2.11. The Morgan fingerprint density at radius 1 is 0.750 bits per heavy atom. The number of fused-ring (bicyclic) bond motifs is 1. The number of benzene rings is 2. The highest BCUT2D eigenvalue weighted by molar-refractivity contribution is 5.82. The summed E-state index contributed by atoms with van der Waals surface area (Å²) in [6, 6.07) is 15.1. The fourth-order valence-electron chi connectivity index (χ4n) is 2.61. The topological polar surface area (TPSA) is 12.9 Å². The molecule has 0 spiro atoms. The molecule has 1 nitrogen and oxygen atoms in total. The molecule has 2 aromatic carbocycles. The van der Waals surface area contributed by atoms with Gasteiger partial charge in [0.05, 0.1) is 11.2 Å². The van der Waals surface area contributed by atoms with Crippen LogP contribution in [-0.2, 0) is 0 Å². The van der Waals surface area contributed by atoms with Crippen molar-refractivity contribution in [2.75, 3.05) is 0 Å². The van der Waals surface area contributed by atoms with Crippen LogP contribution in [0.4, 0.5) is 0 Å². The van der Waals surface area contributed by atoms with Crippen molar-refractivity contribution in [3.05, 3.63) is 64.7 Å². The van der Waals surface area contributed by atoms with Gasteiger partial charge in [0.2, 0.25) is 0 Å². The summed E-state index contributed by atoms with van der Waals surface area (Å²) in [7, 11) is 0. The fourth-order valence-corrected chi connectivity index (χ4v) is 2.61. The van der Waals surface area contributed by atoms with Crippen LogP contribution in [0.25, 0.3) is 22.2 Å². The molecule has 100 valence electrons. The molecule has 0 atom stereocenters. The maximum Gasteiger partial charge on any atom is 0.0712 e. The van der Waals surface area contributed by atoms with Crippen LogP contribution in [0.15, 0.2) is 42.5 Å². The first kappa shape index (κ1) is 12.9. The number of hydrogen-bond donors (Lipinski definition) is 0. The Morgan fingerprint density at radius 2 is 1.50 bits per heavy atom. The van der Waals surface area contributed by atoms with Gasteiger partial charge >= 0.3 is 0 Å². The number of nitrogens with zero attached hydrogens (tertiary/aromatic N) is 1. The van der Waals surface area contributed by atoms with Crippen molar-refractivity contribution in [1.82, 2.24) is 4.98 Å². The number of aryl methyl sites for hydroxylation is 2. The van der Waals surface area contributed by atoms with Gasteiger partial charge < -0.3 is 0 Å². The zero-order valence-corrected chi connectivity index (χ0v) is 12.5. The van der Waals surface area contributed by atoms with Gasteiger partial charge in [0, 0.05) is 10.9 Å². The zero-order valence-electron chi connectivity index (χ0n) is 12.5. The first-order valence-electron chi connectivity index (χ1n) is 7.01. The van der Waals surface area contributed by atoms with Crippen LogP contribution in [0.1, 0.15) is 22.3 Å². The summed E-state index contributed by atoms with van der Waals surface area (Å²) in [4.78, 5) is 4.84. The summed E-state index contributed by atoms with van der Waals surface area (Å²) in [6.45, 7) is 8.62. The van der Waals surface area contributed by atoms with E-state index in [1.165, 1.54) is 33.2 Å². The average molecular weight is 261 g/mol. The van der Waals surface area contributed by atoms with Crippen molar-refractivity contribution >= 4 is 10.9 Å². The molecule has 0 bridgehead atoms. The minimum absolute atomic E-state index is 1.06. The fraction of sp³-hybridized carbons (Fsp3) is 0.211. The molecule has 0 fully saturated rings. The molecule has 3 aromatic rings. The van der Waals surface area contributed by atoms with E-state index in [4.69, 9.17) is 4.98 Å². The number of aromatic nitrogens is 1. The molecule has 20 heavy (non-hydrogen) atoms. The highest BCUT2D eigenvalue weighted by atomic mass is 14.7. The van der Waals surface area contributed by atoms with Crippen molar-refractivity contribution in [2.45, 2.75) is 27.7 Å². The Morgan fingerprint density at radius 3 is 2.30 bits per heavy atom. The van der Waals surface area contributed by atoms with E-state index in [-0.39, 0.29) is 0 Å². The van der Waals surface area contributed by atoms with E-state index in [1.807, 2.05) is 0 Å². The van der Waals surface area contributed by atoms with Crippen LogP contribution in [0.5, 0.6) is 0 Å². The molecule has 3 rings (SSSR count). The Bertz CT molecular complexity index is 800. The Kier molecular flexibility index (Phi) is 3.06. The first-order chi connectivity index (χ1) is 9.56. The maximum atomic E-state index is 4.84. The normalized spacial score (nSPS) is 11.0. The van der Waals surface area contributed by atoms with Crippen molar-refractivity contribution in [3.63, 3.8) is 0 Å². The van der Waals surface area contributed by atoms with E-state index in [9.17, 15) is 0 Å². The molecule has 0 radical (unpaired) electrons. The Hall–Kier alpha value is -2.15. The van der Waals surface area contributed by atoms with Gasteiger partial charge in [-0.15, -0.1) is 0 Å². The second kappa shape index (κ2) is 4.75. The molecular weight excluding hydrogens is 242 g/mol. The van der Waals surface area contributed by atoms with Crippen LogP contribution in [0, 0.1) is 27.7 Å². The zero-order chi connectivity index (χ0) is 14.3. The van der Waals surface area contributed by atoms with E-state index in [0.717, 1.165) is 11.2 Å². The lowest BCUT2D eigenvalue weighted by atomic mass is 9.96. The van der Waals surface area contributed by atoms with E-state index in [1.54, 1.807) is 0 Å². The van der Waals surface area contributed by atoms with E-state index in [0.29, 0.717) is 0 Å². The third kappa shape index (κ3) is 2.09. The van der Waals surface area contributed by atoms with E-state index >= 15 is 0 Å². The minimum atomic E-state index is 1.06. The molecule has 0 aliphatic carbocycles. The molecule has 0 saturated heterocycles. The van der Waals surface area contributed by atoms with Gasteiger partial charge in [-0.1, -0.05) is 30.3 Å². The summed E-state index contributed by atoms with van der Waals surface area (Å²) in [5.41, 5.74) is 8.63. The average Bonchev–Trinajstić information content (AvgIpc) is 2.44. The van der Waals surface area contributed by atoms with Crippen molar-refractivity contribution < 1.29 is 0 Å². The Balaban J connectivity index is 2.22. The third-order valence-electron chi connectivity index (χ3n) is 4.18. The summed E-state index contributed by atoms with van der Waals surface area (Å²) < 4.78 is 0. The van der Waals surface area contributed by atoms with Gasteiger partial charge in [-0.05, 0) is 62.1 Å². The first-order valence-corrected chi connectivity index (χ1v) is 7.01. The molecule has 1 heteroatoms. The molecule has 0 N–H and O–H groups in total. The highest BCUT2D eigenvalue weighted by Gasteiger charge is 2.08. The predicted molar refractivity (Wildman–Crippen MR) is 86.1 cm³/mol. The lowest BCUT2D eigenvalue weighted by molar-refractivity contribution is 1.25. The summed E-state index contributed by atoms with van der Waals surface area (Å²) >= 11 is 0. The van der Waals surface area contributed by atoms with E-state index in [2.05, 4.69) is 70.2 Å². The van der Waals surface area contributed by atoms with Gasteiger partial charge in [-0.3, -0.25) is 0 Å². The summed E-state index contributed by atoms with van der Waals surface area (Å²) in [5, 5.41) is 1.20. The van der Waals surface area contributed by atoms with Crippen molar-refractivity contribution in [3.8, 4) is 11.3 Å². The molecule has 0 aliphatic heterocycles. The number of rotatable bonds is 1. The molecular formula is C19H19N. The molecule has 0 unspecified atom stereocenters. The quantitative estimate of drug-likeness (QED) is 0.591. The second-order valence-electron chi connectivity index (χ2n) is 5.57. The van der Waals surface area contributed by atoms with Gasteiger partial charge in [0.25, 0.3) is 0 Å². The largest absolute Gasteiger partial charge is 0.248 e. The smallest absolute Gasteiger partial charge is 0.0712 e. The van der Waals surface area contributed by atoms with Crippen molar-refractivity contribution in [1.29, 1.82) is 0 Å². The van der Waals surface area contributed by atoms with Crippen LogP contribution in [0.2, 0.25) is 0 Å². The highest BCUT2D eigenvalue weighted by Crippen LogP contribution is 2.27. The van der Waals surface area contributed by atoms with Crippen LogP contribution in [-0.4, -0.2) is 4.98 Å². The maximum absolute atomic E-state index is 4.84. The monoisotopic (exact) mass is 261 g/mol. The van der Waals surface area contributed by atoms with Gasteiger partial charge in [0.1, 0.15) is 0 Å². The third-order valence-corrected chi connectivity index (χ3v) is 4.18. The number of hydrogen-bond acceptors (Lipinski definition) is 1. The van der Waals surface area contributed by atoms with Crippen LogP contribution < -0.4 is 0 Å². The lowest BCUT2D eigenvalue weighted by Crippen LogP contribution is -1.93. The summed E-state index contributed by atoms with van der Waals surface area (Å²) in [5.74, 6) is 0. The predicted octanol–water partition coefficient (Wildman–Crippen LogP) is 5.14. The van der Waals surface area contributed by atoms with Crippen molar-refractivity contribution in [2.24, 2.45) is 0 Å². The number of pyridine rings is 1. The van der Waals surface area contributed by atoms with E-state index < -0.39 is 0 Å². The molecule has 0 saturated carbocycles. The Labute approximate surface area is 120 Å². The molecule has 0 amide bonds. The molecule has 1 aromatic heterocycles. The molecule has 1 heterocycles.